The van der Waals surface area contributed by atoms with E-state index in [0.717, 1.165) is 9.13 Å². The van der Waals surface area contributed by atoms with E-state index in [1.165, 1.54) is 0 Å². The summed E-state index contributed by atoms with van der Waals surface area (Å²) in [7, 11) is 0. The molecule has 1 aromatic carbocycles. The highest BCUT2D eigenvalue weighted by atomic mass is 127. The van der Waals surface area contributed by atoms with Crippen LogP contribution >= 0.6 is 22.6 Å². The average Bonchev–Trinajstić information content (AvgIpc) is 2.33. The monoisotopic (exact) mass is 336 g/mol. The minimum atomic E-state index is -0.638. The lowest BCUT2D eigenvalue weighted by atomic mass is 9.78. The Balaban J connectivity index is 3.05. The van der Waals surface area contributed by atoms with Crippen LogP contribution in [0.4, 0.5) is 0 Å². The van der Waals surface area contributed by atoms with Crippen LogP contribution in [0.3, 0.4) is 0 Å². The van der Waals surface area contributed by atoms with E-state index in [4.69, 9.17) is 5.11 Å². The third kappa shape index (κ3) is 2.94. The van der Waals surface area contributed by atoms with Gasteiger partial charge in [-0.1, -0.05) is 18.2 Å². The van der Waals surface area contributed by atoms with Crippen molar-refractivity contribution < 1.29 is 15.3 Å². The van der Waals surface area contributed by atoms with Gasteiger partial charge in [0.05, 0.1) is 13.2 Å². The fourth-order valence-corrected chi connectivity index (χ4v) is 2.78. The summed E-state index contributed by atoms with van der Waals surface area (Å²) in [6.45, 7) is -0.141. The van der Waals surface area contributed by atoms with Gasteiger partial charge in [-0.15, -0.1) is 0 Å². The topological polar surface area (TPSA) is 60.7 Å². The van der Waals surface area contributed by atoms with Crippen LogP contribution in [0.2, 0.25) is 0 Å². The first-order valence-corrected chi connectivity index (χ1v) is 6.35. The molecule has 0 aliphatic heterocycles. The Morgan fingerprint density at radius 3 is 2.19 bits per heavy atom. The number of aliphatic hydroxyl groups is 3. The van der Waals surface area contributed by atoms with Crippen LogP contribution in [0.5, 0.6) is 0 Å². The molecule has 0 amide bonds. The fourth-order valence-electron chi connectivity index (χ4n) is 1.82. The molecule has 3 N–H and O–H groups in total. The molecule has 1 aromatic rings. The molecular formula is C12H17IO3. The van der Waals surface area contributed by atoms with Gasteiger partial charge in [-0.3, -0.25) is 0 Å². The Morgan fingerprint density at radius 1 is 1.06 bits per heavy atom. The Bertz CT molecular complexity index is 324. The van der Waals surface area contributed by atoms with Crippen LogP contribution in [-0.2, 0) is 5.41 Å². The van der Waals surface area contributed by atoms with E-state index in [-0.39, 0.29) is 19.8 Å². The first-order valence-electron chi connectivity index (χ1n) is 5.28. The summed E-state index contributed by atoms with van der Waals surface area (Å²) < 4.78 is 1.03. The van der Waals surface area contributed by atoms with Crippen molar-refractivity contribution in [2.24, 2.45) is 0 Å². The summed E-state index contributed by atoms with van der Waals surface area (Å²) in [5.41, 5.74) is 0.314. The van der Waals surface area contributed by atoms with Crippen LogP contribution in [0, 0.1) is 3.57 Å². The quantitative estimate of drug-likeness (QED) is 0.686. The molecule has 0 radical (unpaired) electrons. The third-order valence-electron chi connectivity index (χ3n) is 2.86. The van der Waals surface area contributed by atoms with E-state index < -0.39 is 5.41 Å². The average molecular weight is 336 g/mol. The lowest BCUT2D eigenvalue weighted by Crippen LogP contribution is -2.36. The number of aliphatic hydroxyl groups excluding tert-OH is 3. The molecule has 0 fully saturated rings. The third-order valence-corrected chi connectivity index (χ3v) is 3.80. The van der Waals surface area contributed by atoms with Gasteiger partial charge in [0.25, 0.3) is 0 Å². The van der Waals surface area contributed by atoms with Crippen LogP contribution in [0.1, 0.15) is 18.4 Å². The van der Waals surface area contributed by atoms with Crippen LogP contribution in [0.25, 0.3) is 0 Å². The largest absolute Gasteiger partial charge is 0.396 e. The maximum Gasteiger partial charge on any atom is 0.0550 e. The lowest BCUT2D eigenvalue weighted by Gasteiger charge is -2.31. The van der Waals surface area contributed by atoms with Crippen molar-refractivity contribution in [1.29, 1.82) is 0 Å². The van der Waals surface area contributed by atoms with Gasteiger partial charge in [0.1, 0.15) is 0 Å². The molecule has 0 heterocycles. The van der Waals surface area contributed by atoms with Crippen LogP contribution < -0.4 is 0 Å². The SMILES string of the molecule is OCCCC(CO)(CO)c1ccccc1I. The summed E-state index contributed by atoms with van der Waals surface area (Å²) in [6.07, 6.45) is 1.16. The second-order valence-electron chi connectivity index (χ2n) is 3.90. The van der Waals surface area contributed by atoms with Crippen molar-refractivity contribution >= 4 is 22.6 Å². The zero-order valence-electron chi connectivity index (χ0n) is 9.06. The Kier molecular flexibility index (Phi) is 5.68. The predicted molar refractivity (Wildman–Crippen MR) is 71.3 cm³/mol. The van der Waals surface area contributed by atoms with Gasteiger partial charge in [-0.05, 0) is 47.1 Å². The molecule has 1 rings (SSSR count). The number of hydrogen-bond donors (Lipinski definition) is 3. The molecule has 0 spiro atoms. The van der Waals surface area contributed by atoms with E-state index in [2.05, 4.69) is 22.6 Å². The van der Waals surface area contributed by atoms with Gasteiger partial charge in [0, 0.05) is 15.6 Å². The summed E-state index contributed by atoms with van der Waals surface area (Å²) in [5, 5.41) is 27.9. The molecule has 0 unspecified atom stereocenters. The van der Waals surface area contributed by atoms with E-state index in [1.807, 2.05) is 24.3 Å². The molecule has 0 atom stereocenters. The normalized spacial score (nSPS) is 11.8. The van der Waals surface area contributed by atoms with Gasteiger partial charge >= 0.3 is 0 Å². The number of halogens is 1. The molecule has 0 saturated carbocycles. The highest BCUT2D eigenvalue weighted by Gasteiger charge is 2.31. The van der Waals surface area contributed by atoms with Crippen molar-refractivity contribution in [3.63, 3.8) is 0 Å². The summed E-state index contributed by atoms with van der Waals surface area (Å²) in [6, 6.07) is 7.70. The number of rotatable bonds is 6. The lowest BCUT2D eigenvalue weighted by molar-refractivity contribution is 0.101. The minimum absolute atomic E-state index is 0.0746. The molecule has 4 heteroatoms. The van der Waals surface area contributed by atoms with Crippen molar-refractivity contribution in [2.75, 3.05) is 19.8 Å². The highest BCUT2D eigenvalue weighted by molar-refractivity contribution is 14.1. The van der Waals surface area contributed by atoms with Crippen LogP contribution in [-0.4, -0.2) is 35.1 Å². The standard InChI is InChI=1S/C12H17IO3/c13-11-5-2-1-4-10(11)12(8-15,9-16)6-3-7-14/h1-2,4-5,14-16H,3,6-9H2. The van der Waals surface area contributed by atoms with E-state index >= 15 is 0 Å². The first kappa shape index (κ1) is 13.9. The van der Waals surface area contributed by atoms with Crippen molar-refractivity contribution in [3.05, 3.63) is 33.4 Å². The van der Waals surface area contributed by atoms with Gasteiger partial charge < -0.3 is 15.3 Å². The zero-order valence-corrected chi connectivity index (χ0v) is 11.2. The van der Waals surface area contributed by atoms with Crippen LogP contribution in [0.15, 0.2) is 24.3 Å². The molecule has 0 aliphatic rings. The second kappa shape index (κ2) is 6.54. The van der Waals surface area contributed by atoms with Gasteiger partial charge in [0.2, 0.25) is 0 Å². The molecular weight excluding hydrogens is 319 g/mol. The minimum Gasteiger partial charge on any atom is -0.396 e. The molecule has 0 aliphatic carbocycles. The Morgan fingerprint density at radius 2 is 1.69 bits per heavy atom. The van der Waals surface area contributed by atoms with Gasteiger partial charge in [-0.25, -0.2) is 0 Å². The van der Waals surface area contributed by atoms with E-state index in [0.29, 0.717) is 12.8 Å². The summed E-state index contributed by atoms with van der Waals surface area (Å²) in [4.78, 5) is 0. The number of hydrogen-bond acceptors (Lipinski definition) is 3. The molecule has 3 nitrogen and oxygen atoms in total. The summed E-state index contributed by atoms with van der Waals surface area (Å²) >= 11 is 2.20. The maximum absolute atomic E-state index is 9.54. The zero-order chi connectivity index (χ0) is 12.0. The van der Waals surface area contributed by atoms with Crippen molar-refractivity contribution in [2.45, 2.75) is 18.3 Å². The second-order valence-corrected chi connectivity index (χ2v) is 5.07. The molecule has 0 saturated heterocycles. The molecule has 0 aromatic heterocycles. The fraction of sp³-hybridized carbons (Fsp3) is 0.500. The van der Waals surface area contributed by atoms with Gasteiger partial charge in [-0.2, -0.15) is 0 Å². The highest BCUT2D eigenvalue weighted by Crippen LogP contribution is 2.31. The maximum atomic E-state index is 9.54. The van der Waals surface area contributed by atoms with E-state index in [1.54, 1.807) is 0 Å². The summed E-state index contributed by atoms with van der Waals surface area (Å²) in [5.74, 6) is 0. The Hall–Kier alpha value is -0.170. The number of benzene rings is 1. The Labute approximate surface area is 109 Å². The molecule has 16 heavy (non-hydrogen) atoms. The smallest absolute Gasteiger partial charge is 0.0550 e. The van der Waals surface area contributed by atoms with E-state index in [9.17, 15) is 10.2 Å². The van der Waals surface area contributed by atoms with Crippen molar-refractivity contribution in [1.82, 2.24) is 0 Å². The molecule has 0 bridgehead atoms. The van der Waals surface area contributed by atoms with Crippen molar-refractivity contribution in [3.8, 4) is 0 Å². The molecule has 90 valence electrons. The van der Waals surface area contributed by atoms with Gasteiger partial charge in [0.15, 0.2) is 0 Å². The predicted octanol–water partition coefficient (Wildman–Crippen LogP) is 1.29. The first-order chi connectivity index (χ1) is 7.70.